The normalized spacial score (nSPS) is 34.1. The minimum absolute atomic E-state index is 0.289. The van der Waals surface area contributed by atoms with Crippen molar-refractivity contribution < 1.29 is 4.79 Å². The summed E-state index contributed by atoms with van der Waals surface area (Å²) in [5, 5.41) is 0. The van der Waals surface area contributed by atoms with Gasteiger partial charge in [0, 0.05) is 19.5 Å². The number of hydrogen-bond donors (Lipinski definition) is 0. The number of carbonyl (C=O) groups is 1. The van der Waals surface area contributed by atoms with Crippen molar-refractivity contribution in [1.82, 2.24) is 4.90 Å². The number of piperidine rings is 1. The Labute approximate surface area is 80.3 Å². The lowest BCUT2D eigenvalue weighted by Gasteiger charge is -2.43. The predicted octanol–water partition coefficient (Wildman–Crippen LogP) is 2.19. The topological polar surface area (TPSA) is 20.3 Å². The molecule has 1 saturated heterocycles. The third-order valence-electron chi connectivity index (χ3n) is 3.65. The van der Waals surface area contributed by atoms with E-state index in [1.807, 2.05) is 0 Å². The summed E-state index contributed by atoms with van der Waals surface area (Å²) in [6, 6.07) is 0.597. The summed E-state index contributed by atoms with van der Waals surface area (Å²) in [5.41, 5.74) is 0. The Hall–Kier alpha value is -0.530. The molecule has 0 aromatic rings. The first-order chi connectivity index (χ1) is 6.29. The van der Waals surface area contributed by atoms with Crippen LogP contribution in [0.2, 0.25) is 0 Å². The molecule has 1 saturated carbocycles. The second-order valence-electron chi connectivity index (χ2n) is 4.47. The van der Waals surface area contributed by atoms with E-state index in [0.717, 1.165) is 12.5 Å². The molecule has 2 aliphatic rings. The van der Waals surface area contributed by atoms with Crippen molar-refractivity contribution in [3.05, 3.63) is 0 Å². The van der Waals surface area contributed by atoms with Crippen LogP contribution in [0.25, 0.3) is 0 Å². The van der Waals surface area contributed by atoms with Gasteiger partial charge in [0.05, 0.1) is 0 Å². The van der Waals surface area contributed by atoms with E-state index in [2.05, 4.69) is 4.90 Å². The average molecular weight is 181 g/mol. The van der Waals surface area contributed by atoms with Crippen LogP contribution in [0.15, 0.2) is 0 Å². The maximum atomic E-state index is 11.4. The molecule has 0 N–H and O–H groups in total. The molecule has 2 fully saturated rings. The highest BCUT2D eigenvalue weighted by molar-refractivity contribution is 5.73. The predicted molar refractivity (Wildman–Crippen MR) is 52.4 cm³/mol. The minimum Gasteiger partial charge on any atom is -0.340 e. The van der Waals surface area contributed by atoms with Crippen molar-refractivity contribution in [2.45, 2.75) is 51.5 Å². The summed E-state index contributed by atoms with van der Waals surface area (Å²) >= 11 is 0. The van der Waals surface area contributed by atoms with Gasteiger partial charge >= 0.3 is 0 Å². The Morgan fingerprint density at radius 1 is 1.15 bits per heavy atom. The average Bonchev–Trinajstić information content (AvgIpc) is 2.17. The fourth-order valence-electron chi connectivity index (χ4n) is 3.02. The van der Waals surface area contributed by atoms with Crippen LogP contribution >= 0.6 is 0 Å². The molecule has 2 atom stereocenters. The largest absolute Gasteiger partial charge is 0.340 e. The molecule has 0 radical (unpaired) electrons. The summed E-state index contributed by atoms with van der Waals surface area (Å²) in [5.74, 6) is 1.11. The maximum Gasteiger partial charge on any atom is 0.219 e. The van der Waals surface area contributed by atoms with Gasteiger partial charge in [-0.2, -0.15) is 0 Å². The van der Waals surface area contributed by atoms with Gasteiger partial charge in [-0.05, 0) is 31.6 Å². The molecule has 0 aromatic carbocycles. The van der Waals surface area contributed by atoms with E-state index in [-0.39, 0.29) is 5.91 Å². The minimum atomic E-state index is 0.289. The number of carbonyl (C=O) groups excluding carboxylic acids is 1. The molecule has 0 aromatic heterocycles. The first-order valence-corrected chi connectivity index (χ1v) is 5.56. The lowest BCUT2D eigenvalue weighted by molar-refractivity contribution is -0.135. The first kappa shape index (κ1) is 9.04. The number of amides is 1. The van der Waals surface area contributed by atoms with E-state index in [0.29, 0.717) is 6.04 Å². The van der Waals surface area contributed by atoms with Crippen LogP contribution in [0.5, 0.6) is 0 Å². The highest BCUT2D eigenvalue weighted by Gasteiger charge is 2.34. The quantitative estimate of drug-likeness (QED) is 0.561. The van der Waals surface area contributed by atoms with Crippen LogP contribution in [0.4, 0.5) is 0 Å². The number of hydrogen-bond acceptors (Lipinski definition) is 1. The SMILES string of the molecule is CC(=O)N1CCC[C@H]2CCCC[C@H]21. The van der Waals surface area contributed by atoms with Crippen LogP contribution in [0, 0.1) is 5.92 Å². The third kappa shape index (κ3) is 1.72. The van der Waals surface area contributed by atoms with Crippen LogP contribution in [0.1, 0.15) is 45.4 Å². The lowest BCUT2D eigenvalue weighted by Crippen LogP contribution is -2.48. The van der Waals surface area contributed by atoms with E-state index >= 15 is 0 Å². The van der Waals surface area contributed by atoms with Crippen molar-refractivity contribution in [2.75, 3.05) is 6.54 Å². The molecule has 2 rings (SSSR count). The maximum absolute atomic E-state index is 11.4. The fourth-order valence-corrected chi connectivity index (χ4v) is 3.02. The summed E-state index contributed by atoms with van der Waals surface area (Å²) in [6.45, 7) is 2.73. The lowest BCUT2D eigenvalue weighted by atomic mass is 9.78. The zero-order chi connectivity index (χ0) is 9.26. The Balaban J connectivity index is 2.06. The van der Waals surface area contributed by atoms with Crippen LogP contribution < -0.4 is 0 Å². The first-order valence-electron chi connectivity index (χ1n) is 5.56. The fraction of sp³-hybridized carbons (Fsp3) is 0.909. The Kier molecular flexibility index (Phi) is 2.56. The molecule has 1 amide bonds. The molecule has 0 spiro atoms. The van der Waals surface area contributed by atoms with E-state index in [4.69, 9.17) is 0 Å². The zero-order valence-electron chi connectivity index (χ0n) is 8.46. The molecule has 1 aliphatic heterocycles. The van der Waals surface area contributed by atoms with Gasteiger partial charge in [-0.15, -0.1) is 0 Å². The van der Waals surface area contributed by atoms with Gasteiger partial charge in [0.15, 0.2) is 0 Å². The molecule has 13 heavy (non-hydrogen) atoms. The summed E-state index contributed by atoms with van der Waals surface area (Å²) in [4.78, 5) is 13.5. The molecular formula is C11H19NO. The number of rotatable bonds is 0. The number of nitrogens with zero attached hydrogens (tertiary/aromatic N) is 1. The summed E-state index contributed by atoms with van der Waals surface area (Å²) in [7, 11) is 0. The van der Waals surface area contributed by atoms with Crippen LogP contribution in [-0.2, 0) is 4.79 Å². The summed E-state index contributed by atoms with van der Waals surface area (Å²) in [6.07, 6.45) is 7.89. The Morgan fingerprint density at radius 3 is 2.62 bits per heavy atom. The van der Waals surface area contributed by atoms with Gasteiger partial charge in [0.1, 0.15) is 0 Å². The molecule has 2 nitrogen and oxygen atoms in total. The van der Waals surface area contributed by atoms with Crippen molar-refractivity contribution in [1.29, 1.82) is 0 Å². The van der Waals surface area contributed by atoms with Gasteiger partial charge in [-0.1, -0.05) is 12.8 Å². The zero-order valence-corrected chi connectivity index (χ0v) is 8.46. The molecule has 1 heterocycles. The highest BCUT2D eigenvalue weighted by Crippen LogP contribution is 2.35. The third-order valence-corrected chi connectivity index (χ3v) is 3.65. The Morgan fingerprint density at radius 2 is 1.85 bits per heavy atom. The van der Waals surface area contributed by atoms with E-state index in [1.165, 1.54) is 38.5 Å². The van der Waals surface area contributed by atoms with E-state index in [1.54, 1.807) is 6.92 Å². The molecule has 0 unspecified atom stereocenters. The van der Waals surface area contributed by atoms with Crippen molar-refractivity contribution in [3.8, 4) is 0 Å². The van der Waals surface area contributed by atoms with Gasteiger partial charge < -0.3 is 4.90 Å². The van der Waals surface area contributed by atoms with Crippen molar-refractivity contribution in [2.24, 2.45) is 5.92 Å². The van der Waals surface area contributed by atoms with Crippen molar-refractivity contribution in [3.63, 3.8) is 0 Å². The Bertz CT molecular complexity index is 200. The standard InChI is InChI=1S/C11H19NO/c1-9(13)12-8-4-6-10-5-2-3-7-11(10)12/h10-11H,2-8H2,1H3/t10-,11-/m1/s1. The number of fused-ring (bicyclic) bond motifs is 1. The van der Waals surface area contributed by atoms with Crippen LogP contribution in [0.3, 0.4) is 0 Å². The summed E-state index contributed by atoms with van der Waals surface area (Å²) < 4.78 is 0. The second kappa shape index (κ2) is 3.69. The molecule has 0 bridgehead atoms. The van der Waals surface area contributed by atoms with E-state index in [9.17, 15) is 4.79 Å². The monoisotopic (exact) mass is 181 g/mol. The van der Waals surface area contributed by atoms with Crippen molar-refractivity contribution >= 4 is 5.91 Å². The smallest absolute Gasteiger partial charge is 0.219 e. The molecular weight excluding hydrogens is 162 g/mol. The molecule has 74 valence electrons. The second-order valence-corrected chi connectivity index (χ2v) is 4.47. The molecule has 2 heteroatoms. The highest BCUT2D eigenvalue weighted by atomic mass is 16.2. The van der Waals surface area contributed by atoms with Gasteiger partial charge in [-0.3, -0.25) is 4.79 Å². The molecule has 1 aliphatic carbocycles. The van der Waals surface area contributed by atoms with Gasteiger partial charge in [0.25, 0.3) is 0 Å². The van der Waals surface area contributed by atoms with Gasteiger partial charge in [-0.25, -0.2) is 0 Å². The van der Waals surface area contributed by atoms with E-state index < -0.39 is 0 Å². The number of likely N-dealkylation sites (tertiary alicyclic amines) is 1. The van der Waals surface area contributed by atoms with Gasteiger partial charge in [0.2, 0.25) is 5.91 Å². The van der Waals surface area contributed by atoms with Crippen LogP contribution in [-0.4, -0.2) is 23.4 Å².